The van der Waals surface area contributed by atoms with Gasteiger partial charge in [-0.3, -0.25) is 14.2 Å². The van der Waals surface area contributed by atoms with E-state index in [9.17, 15) is 9.59 Å². The highest BCUT2D eigenvalue weighted by Gasteiger charge is 2.18. The van der Waals surface area contributed by atoms with Crippen LogP contribution in [0.4, 0.5) is 5.69 Å². The van der Waals surface area contributed by atoms with Gasteiger partial charge in [0, 0.05) is 24.6 Å². The highest BCUT2D eigenvalue weighted by atomic mass is 16.5. The number of amides is 1. The van der Waals surface area contributed by atoms with Crippen LogP contribution < -0.4 is 10.9 Å². The van der Waals surface area contributed by atoms with E-state index >= 15 is 0 Å². The number of hydrogen-bond donors (Lipinski definition) is 1. The normalized spacial score (nSPS) is 11.1. The lowest BCUT2D eigenvalue weighted by Gasteiger charge is -2.11. The van der Waals surface area contributed by atoms with E-state index in [0.717, 1.165) is 27.9 Å². The molecule has 7 heteroatoms. The number of carbonyl (C=O) groups excluding carboxylic acids is 1. The summed E-state index contributed by atoms with van der Waals surface area (Å²) in [6.07, 6.45) is 3.37. The molecule has 7 nitrogen and oxygen atoms in total. The second-order valence-corrected chi connectivity index (χ2v) is 7.84. The number of carbonyl (C=O) groups is 1. The van der Waals surface area contributed by atoms with Crippen molar-refractivity contribution in [3.63, 3.8) is 0 Å². The molecule has 2 heterocycles. The molecule has 0 fully saturated rings. The van der Waals surface area contributed by atoms with Crippen molar-refractivity contribution in [3.8, 4) is 11.1 Å². The Balaban J connectivity index is 1.75. The fourth-order valence-corrected chi connectivity index (χ4v) is 3.82. The molecule has 1 N–H and O–H groups in total. The fraction of sp³-hybridized carbons (Fsp3) is 0.240. The first kappa shape index (κ1) is 21.5. The number of methoxy groups -OCH3 is 1. The maximum atomic E-state index is 13.2. The Labute approximate surface area is 186 Å². The summed E-state index contributed by atoms with van der Waals surface area (Å²) in [7, 11) is 1.59. The summed E-state index contributed by atoms with van der Waals surface area (Å²) in [4.78, 5) is 30.7. The smallest absolute Gasteiger partial charge is 0.277 e. The van der Waals surface area contributed by atoms with Crippen molar-refractivity contribution in [2.45, 2.75) is 26.9 Å². The molecule has 0 saturated carbocycles. The first-order valence-electron chi connectivity index (χ1n) is 10.5. The zero-order valence-electron chi connectivity index (χ0n) is 18.5. The summed E-state index contributed by atoms with van der Waals surface area (Å²) >= 11 is 0. The van der Waals surface area contributed by atoms with Gasteiger partial charge < -0.3 is 14.6 Å². The number of nitrogens with zero attached hydrogens (tertiary/aromatic N) is 3. The van der Waals surface area contributed by atoms with E-state index in [-0.39, 0.29) is 18.0 Å². The van der Waals surface area contributed by atoms with E-state index in [4.69, 9.17) is 4.74 Å². The van der Waals surface area contributed by atoms with Crippen molar-refractivity contribution in [2.24, 2.45) is 0 Å². The molecule has 1 amide bonds. The van der Waals surface area contributed by atoms with Crippen molar-refractivity contribution in [3.05, 3.63) is 82.5 Å². The average molecular weight is 431 g/mol. The Hall–Kier alpha value is -3.71. The highest BCUT2D eigenvalue weighted by molar-refractivity contribution is 5.96. The molecule has 0 saturated heterocycles. The molecular formula is C25H26N4O3. The quantitative estimate of drug-likeness (QED) is 0.484. The minimum atomic E-state index is -0.208. The molecule has 164 valence electrons. The van der Waals surface area contributed by atoms with E-state index in [1.54, 1.807) is 11.7 Å². The second kappa shape index (κ2) is 9.20. The number of hydrogen-bond acceptors (Lipinski definition) is 4. The van der Waals surface area contributed by atoms with Crippen LogP contribution in [0.2, 0.25) is 0 Å². The van der Waals surface area contributed by atoms with E-state index < -0.39 is 0 Å². The van der Waals surface area contributed by atoms with E-state index in [0.29, 0.717) is 24.2 Å². The first-order valence-corrected chi connectivity index (χ1v) is 10.5. The van der Waals surface area contributed by atoms with Crippen LogP contribution in [0.25, 0.3) is 22.2 Å². The van der Waals surface area contributed by atoms with Crippen LogP contribution in [0.5, 0.6) is 0 Å². The van der Waals surface area contributed by atoms with Crippen molar-refractivity contribution in [2.75, 3.05) is 19.0 Å². The van der Waals surface area contributed by atoms with Crippen LogP contribution >= 0.6 is 0 Å². The molecule has 0 unspecified atom stereocenters. The van der Waals surface area contributed by atoms with Crippen molar-refractivity contribution in [1.29, 1.82) is 0 Å². The molecule has 2 aromatic carbocycles. The maximum Gasteiger partial charge on any atom is 0.277 e. The largest absolute Gasteiger partial charge is 0.383 e. The van der Waals surface area contributed by atoms with Gasteiger partial charge in [0.05, 0.1) is 19.5 Å². The molecule has 0 aliphatic carbocycles. The van der Waals surface area contributed by atoms with Crippen molar-refractivity contribution < 1.29 is 9.53 Å². The van der Waals surface area contributed by atoms with Crippen molar-refractivity contribution in [1.82, 2.24) is 14.1 Å². The number of anilines is 1. The third-order valence-electron chi connectivity index (χ3n) is 5.43. The topological polar surface area (TPSA) is 78.2 Å². The number of aromatic nitrogens is 3. The molecule has 0 radical (unpaired) electrons. The number of nitrogens with one attached hydrogen (secondary N) is 1. The SMILES string of the molecule is COCCn1cnc2c(-c3ccccc3)cn(CC(=O)Nc3ccc(C)cc3C)c2c1=O. The maximum absolute atomic E-state index is 13.2. The summed E-state index contributed by atoms with van der Waals surface area (Å²) in [5, 5.41) is 2.96. The molecule has 4 aromatic rings. The van der Waals surface area contributed by atoms with E-state index in [1.165, 1.54) is 10.9 Å². The monoisotopic (exact) mass is 430 g/mol. The Morgan fingerprint density at radius 2 is 1.88 bits per heavy atom. The Kier molecular flexibility index (Phi) is 6.18. The molecule has 0 bridgehead atoms. The summed E-state index contributed by atoms with van der Waals surface area (Å²) in [6, 6.07) is 15.6. The molecule has 4 rings (SSSR count). The minimum Gasteiger partial charge on any atom is -0.383 e. The van der Waals surface area contributed by atoms with Crippen molar-refractivity contribution >= 4 is 22.6 Å². The van der Waals surface area contributed by atoms with Gasteiger partial charge in [-0.15, -0.1) is 0 Å². The van der Waals surface area contributed by atoms with Crippen LogP contribution in [0.15, 0.2) is 65.8 Å². The van der Waals surface area contributed by atoms with Gasteiger partial charge in [-0.2, -0.15) is 0 Å². The van der Waals surface area contributed by atoms with Crippen LogP contribution in [-0.2, 0) is 22.6 Å². The average Bonchev–Trinajstić information content (AvgIpc) is 3.15. The van der Waals surface area contributed by atoms with Gasteiger partial charge in [0.1, 0.15) is 17.6 Å². The lowest BCUT2D eigenvalue weighted by molar-refractivity contribution is -0.116. The summed E-state index contributed by atoms with van der Waals surface area (Å²) < 4.78 is 8.31. The van der Waals surface area contributed by atoms with Gasteiger partial charge in [0.25, 0.3) is 5.56 Å². The van der Waals surface area contributed by atoms with Gasteiger partial charge in [-0.1, -0.05) is 48.0 Å². The number of aryl methyl sites for hydroxylation is 2. The molecule has 0 aliphatic rings. The highest BCUT2D eigenvalue weighted by Crippen LogP contribution is 2.27. The number of rotatable bonds is 7. The molecular weight excluding hydrogens is 404 g/mol. The lowest BCUT2D eigenvalue weighted by Crippen LogP contribution is -2.26. The molecule has 32 heavy (non-hydrogen) atoms. The summed E-state index contributed by atoms with van der Waals surface area (Å²) in [6.45, 7) is 4.75. The molecule has 0 spiro atoms. The van der Waals surface area contributed by atoms with E-state index in [2.05, 4.69) is 10.3 Å². The first-order chi connectivity index (χ1) is 15.5. The lowest BCUT2D eigenvalue weighted by atomic mass is 10.1. The van der Waals surface area contributed by atoms with Gasteiger partial charge in [-0.25, -0.2) is 4.98 Å². The number of ether oxygens (including phenoxy) is 1. The molecule has 0 aliphatic heterocycles. The number of fused-ring (bicyclic) bond motifs is 1. The van der Waals surface area contributed by atoms with Crippen LogP contribution in [0.3, 0.4) is 0 Å². The molecule has 0 atom stereocenters. The van der Waals surface area contributed by atoms with Gasteiger partial charge in [0.15, 0.2) is 0 Å². The Bertz CT molecular complexity index is 1320. The minimum absolute atomic E-state index is 0.00185. The summed E-state index contributed by atoms with van der Waals surface area (Å²) in [5.74, 6) is -0.208. The summed E-state index contributed by atoms with van der Waals surface area (Å²) in [5.41, 5.74) is 5.41. The third-order valence-corrected chi connectivity index (χ3v) is 5.43. The second-order valence-electron chi connectivity index (χ2n) is 7.84. The Morgan fingerprint density at radius 3 is 2.59 bits per heavy atom. The third kappa shape index (κ3) is 4.33. The number of benzene rings is 2. The zero-order valence-corrected chi connectivity index (χ0v) is 18.5. The van der Waals surface area contributed by atoms with Crippen LogP contribution in [0, 0.1) is 13.8 Å². The van der Waals surface area contributed by atoms with Gasteiger partial charge in [-0.05, 0) is 31.0 Å². The van der Waals surface area contributed by atoms with Gasteiger partial charge >= 0.3 is 0 Å². The van der Waals surface area contributed by atoms with Gasteiger partial charge in [0.2, 0.25) is 5.91 Å². The predicted octanol–water partition coefficient (Wildman–Crippen LogP) is 3.77. The molecule has 2 aromatic heterocycles. The Morgan fingerprint density at radius 1 is 1.09 bits per heavy atom. The fourth-order valence-electron chi connectivity index (χ4n) is 3.82. The van der Waals surface area contributed by atoms with E-state index in [1.807, 2.05) is 68.6 Å². The van der Waals surface area contributed by atoms with Crippen LogP contribution in [0.1, 0.15) is 11.1 Å². The van der Waals surface area contributed by atoms with Crippen LogP contribution in [-0.4, -0.2) is 33.7 Å². The standard InChI is InChI=1S/C25H26N4O3/c1-17-9-10-21(18(2)13-17)27-22(30)15-29-14-20(19-7-5-4-6-8-19)23-24(29)25(31)28(16-26-23)11-12-32-3/h4-10,13-14,16H,11-12,15H2,1-3H3,(H,27,30). The predicted molar refractivity (Wildman–Crippen MR) is 126 cm³/mol. The zero-order chi connectivity index (χ0) is 22.7.